The number of methoxy groups -OCH3 is 1. The number of nitrogens with zero attached hydrogens (tertiary/aromatic N) is 2. The predicted molar refractivity (Wildman–Crippen MR) is 117 cm³/mol. The van der Waals surface area contributed by atoms with Crippen molar-refractivity contribution in [2.45, 2.75) is 24.7 Å². The Morgan fingerprint density at radius 2 is 2.00 bits per heavy atom. The van der Waals surface area contributed by atoms with Gasteiger partial charge in [-0.1, -0.05) is 0 Å². The number of hydrogen-bond acceptors (Lipinski definition) is 8. The normalized spacial score (nSPS) is 16.3. The van der Waals surface area contributed by atoms with Crippen molar-refractivity contribution in [1.29, 1.82) is 0 Å². The number of pyridine rings is 1. The monoisotopic (exact) mass is 463 g/mol. The van der Waals surface area contributed by atoms with Crippen LogP contribution < -0.4 is 14.4 Å². The summed E-state index contributed by atoms with van der Waals surface area (Å²) >= 11 is 0. The number of benzene rings is 1. The molecule has 0 amide bonds. The molecule has 1 saturated heterocycles. The van der Waals surface area contributed by atoms with Crippen molar-refractivity contribution in [3.05, 3.63) is 42.1 Å². The van der Waals surface area contributed by atoms with Crippen LogP contribution in [0.4, 0.5) is 11.5 Å². The molecule has 10 nitrogen and oxygen atoms in total. The maximum Gasteiger partial charge on any atom is 0.337 e. The molecule has 0 spiro atoms. The van der Waals surface area contributed by atoms with Gasteiger partial charge in [-0.15, -0.1) is 0 Å². The number of rotatable bonds is 8. The van der Waals surface area contributed by atoms with Gasteiger partial charge in [0.25, 0.3) is 10.0 Å². The van der Waals surface area contributed by atoms with E-state index in [1.165, 1.54) is 37.4 Å². The zero-order valence-corrected chi connectivity index (χ0v) is 18.6. The number of aromatic nitrogens is 1. The number of aromatic carboxylic acids is 1. The molecule has 1 atom stereocenters. The lowest BCUT2D eigenvalue weighted by molar-refractivity contribution is -0.148. The second kappa shape index (κ2) is 9.86. The van der Waals surface area contributed by atoms with Gasteiger partial charge < -0.3 is 19.5 Å². The quantitative estimate of drug-likeness (QED) is 0.566. The molecule has 1 aliphatic rings. The van der Waals surface area contributed by atoms with Crippen LogP contribution in [0.2, 0.25) is 0 Å². The predicted octanol–water partition coefficient (Wildman–Crippen LogP) is 2.37. The Kier molecular flexibility index (Phi) is 7.18. The first-order chi connectivity index (χ1) is 15.2. The van der Waals surface area contributed by atoms with E-state index in [2.05, 4.69) is 9.71 Å². The van der Waals surface area contributed by atoms with Crippen LogP contribution in [0.15, 0.2) is 41.4 Å². The van der Waals surface area contributed by atoms with Crippen molar-refractivity contribution in [3.63, 3.8) is 0 Å². The summed E-state index contributed by atoms with van der Waals surface area (Å²) < 4.78 is 38.5. The SMILES string of the molecule is CCOC(=O)[C@H]1CCCN(c2ncc(C(=O)O)cc2NS(=O)(=O)c2ccc(OC)cc2)C1. The number of carboxylic acids is 1. The topological polar surface area (TPSA) is 135 Å². The summed E-state index contributed by atoms with van der Waals surface area (Å²) in [5.74, 6) is -1.19. The van der Waals surface area contributed by atoms with E-state index in [0.29, 0.717) is 25.1 Å². The number of carbonyl (C=O) groups excluding carboxylic acids is 1. The summed E-state index contributed by atoms with van der Waals surface area (Å²) in [6.45, 7) is 2.83. The van der Waals surface area contributed by atoms with E-state index in [1.807, 2.05) is 0 Å². The Bertz CT molecular complexity index is 1090. The smallest absolute Gasteiger partial charge is 0.337 e. The van der Waals surface area contributed by atoms with Crippen molar-refractivity contribution in [1.82, 2.24) is 4.98 Å². The van der Waals surface area contributed by atoms with Gasteiger partial charge in [0.2, 0.25) is 0 Å². The maximum atomic E-state index is 13.0. The highest BCUT2D eigenvalue weighted by Gasteiger charge is 2.30. The molecule has 1 aromatic heterocycles. The summed E-state index contributed by atoms with van der Waals surface area (Å²) in [7, 11) is -2.57. The number of nitrogens with one attached hydrogen (secondary N) is 1. The molecule has 172 valence electrons. The molecule has 2 heterocycles. The third-order valence-corrected chi connectivity index (χ3v) is 6.45. The van der Waals surface area contributed by atoms with Gasteiger partial charge in [-0.25, -0.2) is 18.2 Å². The van der Waals surface area contributed by atoms with Gasteiger partial charge in [0, 0.05) is 19.3 Å². The molecule has 2 aromatic rings. The third kappa shape index (κ3) is 5.28. The summed E-state index contributed by atoms with van der Waals surface area (Å²) in [5, 5.41) is 9.35. The summed E-state index contributed by atoms with van der Waals surface area (Å²) in [6.07, 6.45) is 2.49. The lowest BCUT2D eigenvalue weighted by atomic mass is 9.98. The lowest BCUT2D eigenvalue weighted by Gasteiger charge is -2.33. The van der Waals surface area contributed by atoms with Gasteiger partial charge in [-0.3, -0.25) is 9.52 Å². The first-order valence-electron chi connectivity index (χ1n) is 10.1. The Morgan fingerprint density at radius 1 is 1.28 bits per heavy atom. The summed E-state index contributed by atoms with van der Waals surface area (Å²) in [4.78, 5) is 29.6. The molecule has 0 aliphatic carbocycles. The largest absolute Gasteiger partial charge is 0.497 e. The Hall–Kier alpha value is -3.34. The van der Waals surface area contributed by atoms with Crippen molar-refractivity contribution in [3.8, 4) is 5.75 Å². The molecule has 0 unspecified atom stereocenters. The molecule has 0 saturated carbocycles. The van der Waals surface area contributed by atoms with E-state index in [-0.39, 0.29) is 47.0 Å². The molecular weight excluding hydrogens is 438 g/mol. The molecule has 32 heavy (non-hydrogen) atoms. The minimum Gasteiger partial charge on any atom is -0.497 e. The molecule has 3 rings (SSSR count). The highest BCUT2D eigenvalue weighted by Crippen LogP contribution is 2.31. The molecule has 1 aromatic carbocycles. The fourth-order valence-electron chi connectivity index (χ4n) is 3.48. The highest BCUT2D eigenvalue weighted by molar-refractivity contribution is 7.92. The number of carboxylic acid groups (broad SMARTS) is 1. The standard InChI is InChI=1S/C21H25N3O7S/c1-3-31-21(27)14-5-4-10-24(13-14)19-18(11-15(12-22-19)20(25)26)23-32(28,29)17-8-6-16(30-2)7-9-17/h6-9,11-12,14,23H,3-5,10,13H2,1-2H3,(H,25,26)/t14-/m0/s1. The second-order valence-electron chi connectivity index (χ2n) is 7.22. The Morgan fingerprint density at radius 3 is 2.62 bits per heavy atom. The van der Waals surface area contributed by atoms with Crippen molar-refractivity contribution in [2.75, 3.05) is 36.4 Å². The van der Waals surface area contributed by atoms with E-state index >= 15 is 0 Å². The van der Waals surface area contributed by atoms with Crippen molar-refractivity contribution < 1.29 is 32.6 Å². The maximum absolute atomic E-state index is 13.0. The zero-order valence-electron chi connectivity index (χ0n) is 17.8. The van der Waals surface area contributed by atoms with Gasteiger partial charge >= 0.3 is 11.9 Å². The number of esters is 1. The highest BCUT2D eigenvalue weighted by atomic mass is 32.2. The van der Waals surface area contributed by atoms with Crippen molar-refractivity contribution >= 4 is 33.5 Å². The van der Waals surface area contributed by atoms with Crippen molar-refractivity contribution in [2.24, 2.45) is 5.92 Å². The molecule has 0 radical (unpaired) electrons. The molecule has 1 aliphatic heterocycles. The Labute approximate surface area is 186 Å². The molecule has 2 N–H and O–H groups in total. The number of ether oxygens (including phenoxy) is 2. The summed E-state index contributed by atoms with van der Waals surface area (Å²) in [6, 6.07) is 7.01. The zero-order chi connectivity index (χ0) is 23.3. The fourth-order valence-corrected chi connectivity index (χ4v) is 4.53. The van der Waals surface area contributed by atoms with Crippen LogP contribution in [0.1, 0.15) is 30.1 Å². The van der Waals surface area contributed by atoms with Crippen LogP contribution in [0.5, 0.6) is 5.75 Å². The van der Waals surface area contributed by atoms with E-state index in [0.717, 1.165) is 6.20 Å². The van der Waals surface area contributed by atoms with Crippen LogP contribution in [-0.4, -0.2) is 57.3 Å². The van der Waals surface area contributed by atoms with E-state index in [9.17, 15) is 23.1 Å². The van der Waals surface area contributed by atoms with E-state index in [4.69, 9.17) is 9.47 Å². The van der Waals surface area contributed by atoms with Crippen LogP contribution in [0.3, 0.4) is 0 Å². The minimum atomic E-state index is -4.04. The van der Waals surface area contributed by atoms with Crippen LogP contribution in [0, 0.1) is 5.92 Å². The van der Waals surface area contributed by atoms with Crippen LogP contribution >= 0.6 is 0 Å². The molecule has 11 heteroatoms. The average Bonchev–Trinajstić information content (AvgIpc) is 2.79. The first-order valence-corrected chi connectivity index (χ1v) is 11.5. The lowest BCUT2D eigenvalue weighted by Crippen LogP contribution is -2.40. The van der Waals surface area contributed by atoms with Gasteiger partial charge in [-0.2, -0.15) is 0 Å². The number of anilines is 2. The van der Waals surface area contributed by atoms with Crippen LogP contribution in [-0.2, 0) is 19.6 Å². The Balaban J connectivity index is 1.94. The van der Waals surface area contributed by atoms with Gasteiger partial charge in [-0.05, 0) is 50.1 Å². The van der Waals surface area contributed by atoms with Gasteiger partial charge in [0.05, 0.1) is 35.8 Å². The number of sulfonamides is 1. The average molecular weight is 464 g/mol. The van der Waals surface area contributed by atoms with E-state index < -0.39 is 16.0 Å². The molecule has 0 bridgehead atoms. The van der Waals surface area contributed by atoms with E-state index in [1.54, 1.807) is 11.8 Å². The van der Waals surface area contributed by atoms with Gasteiger partial charge in [0.1, 0.15) is 5.75 Å². The number of piperidine rings is 1. The minimum absolute atomic E-state index is 0.0187. The first kappa shape index (κ1) is 23.3. The van der Waals surface area contributed by atoms with Crippen LogP contribution in [0.25, 0.3) is 0 Å². The summed E-state index contributed by atoms with van der Waals surface area (Å²) in [5.41, 5.74) is -0.148. The second-order valence-corrected chi connectivity index (χ2v) is 8.90. The molecule has 1 fully saturated rings. The number of carbonyl (C=O) groups is 2. The third-order valence-electron chi connectivity index (χ3n) is 5.07. The molecular formula is C21H25N3O7S. The number of hydrogen-bond donors (Lipinski definition) is 2. The van der Waals surface area contributed by atoms with Gasteiger partial charge in [0.15, 0.2) is 5.82 Å². The fraction of sp³-hybridized carbons (Fsp3) is 0.381.